The molecule has 2 aromatic rings. The van der Waals surface area contributed by atoms with Gasteiger partial charge in [0, 0.05) is 11.6 Å². The van der Waals surface area contributed by atoms with E-state index in [2.05, 4.69) is 5.32 Å². The number of halogens is 2. The van der Waals surface area contributed by atoms with Gasteiger partial charge >= 0.3 is 0 Å². The predicted octanol–water partition coefficient (Wildman–Crippen LogP) is 3.83. The van der Waals surface area contributed by atoms with Gasteiger partial charge in [0.25, 0.3) is 15.9 Å². The summed E-state index contributed by atoms with van der Waals surface area (Å²) in [5.74, 6) is -2.29. The molecule has 27 heavy (non-hydrogen) atoms. The number of sulfonamides is 1. The van der Waals surface area contributed by atoms with E-state index in [0.717, 1.165) is 43.9 Å². The number of carbonyl (C=O) groups excluding carboxylic acids is 1. The van der Waals surface area contributed by atoms with Crippen LogP contribution in [0.5, 0.6) is 0 Å². The minimum absolute atomic E-state index is 0.139. The molecule has 0 radical (unpaired) electrons. The van der Waals surface area contributed by atoms with Gasteiger partial charge in [-0.3, -0.25) is 9.52 Å². The zero-order valence-electron chi connectivity index (χ0n) is 14.5. The van der Waals surface area contributed by atoms with Crippen molar-refractivity contribution in [2.45, 2.75) is 43.0 Å². The average Bonchev–Trinajstić information content (AvgIpc) is 2.66. The van der Waals surface area contributed by atoms with Crippen molar-refractivity contribution in [1.82, 2.24) is 5.32 Å². The molecule has 1 aliphatic carbocycles. The fraction of sp³-hybridized carbons (Fsp3) is 0.316. The lowest BCUT2D eigenvalue weighted by molar-refractivity contribution is 0.0927. The molecule has 1 saturated carbocycles. The fourth-order valence-electron chi connectivity index (χ4n) is 3.09. The molecule has 0 spiro atoms. The Labute approximate surface area is 156 Å². The smallest absolute Gasteiger partial charge is 0.262 e. The number of amides is 1. The van der Waals surface area contributed by atoms with Gasteiger partial charge in [0.2, 0.25) is 0 Å². The first-order chi connectivity index (χ1) is 12.9. The zero-order valence-corrected chi connectivity index (χ0v) is 15.4. The van der Waals surface area contributed by atoms with Crippen LogP contribution >= 0.6 is 0 Å². The highest BCUT2D eigenvalue weighted by Crippen LogP contribution is 2.23. The number of hydrogen-bond donors (Lipinski definition) is 2. The lowest BCUT2D eigenvalue weighted by Crippen LogP contribution is -2.36. The van der Waals surface area contributed by atoms with Crippen molar-refractivity contribution in [1.29, 1.82) is 0 Å². The molecule has 5 nitrogen and oxygen atoms in total. The standard InChI is InChI=1S/C19H20F2N2O3S/c20-16-7-4-8-17(21)18(16)23-27(25,26)15-11-9-13(10-12-15)19(24)22-14-5-2-1-3-6-14/h4,7-12,14,23H,1-3,5-6H2,(H,22,24). The molecule has 0 aliphatic heterocycles. The number of para-hydroxylation sites is 1. The van der Waals surface area contributed by atoms with E-state index < -0.39 is 27.3 Å². The Kier molecular flexibility index (Phi) is 5.74. The minimum atomic E-state index is -4.19. The van der Waals surface area contributed by atoms with Crippen molar-refractivity contribution in [3.63, 3.8) is 0 Å². The van der Waals surface area contributed by atoms with E-state index in [1.54, 1.807) is 0 Å². The van der Waals surface area contributed by atoms with Gasteiger partial charge in [0.05, 0.1) is 4.90 Å². The molecular weight excluding hydrogens is 374 g/mol. The molecule has 1 aliphatic rings. The van der Waals surface area contributed by atoms with Crippen LogP contribution in [0, 0.1) is 11.6 Å². The SMILES string of the molecule is O=C(NC1CCCCC1)c1ccc(S(=O)(=O)Nc2c(F)cccc2F)cc1. The fourth-order valence-corrected chi connectivity index (χ4v) is 4.17. The van der Waals surface area contributed by atoms with Crippen LogP contribution in [0.25, 0.3) is 0 Å². The number of benzene rings is 2. The van der Waals surface area contributed by atoms with Crippen LogP contribution in [-0.2, 0) is 10.0 Å². The molecule has 144 valence electrons. The first kappa shape index (κ1) is 19.3. The highest BCUT2D eigenvalue weighted by molar-refractivity contribution is 7.92. The molecule has 0 heterocycles. The summed E-state index contributed by atoms with van der Waals surface area (Å²) in [7, 11) is -4.19. The Morgan fingerprint density at radius 3 is 2.11 bits per heavy atom. The summed E-state index contributed by atoms with van der Waals surface area (Å²) in [6, 6.07) is 8.42. The van der Waals surface area contributed by atoms with Gasteiger partial charge < -0.3 is 5.32 Å². The van der Waals surface area contributed by atoms with Crippen LogP contribution in [0.2, 0.25) is 0 Å². The van der Waals surface area contributed by atoms with E-state index in [1.165, 1.54) is 30.7 Å². The monoisotopic (exact) mass is 394 g/mol. The molecule has 8 heteroatoms. The van der Waals surface area contributed by atoms with Crippen LogP contribution in [0.4, 0.5) is 14.5 Å². The third-order valence-electron chi connectivity index (χ3n) is 4.57. The number of carbonyl (C=O) groups is 1. The van der Waals surface area contributed by atoms with E-state index in [1.807, 2.05) is 4.72 Å². The Morgan fingerprint density at radius 1 is 0.926 bits per heavy atom. The zero-order chi connectivity index (χ0) is 19.4. The number of anilines is 1. The first-order valence-corrected chi connectivity index (χ1v) is 10.2. The highest BCUT2D eigenvalue weighted by Gasteiger charge is 2.20. The maximum absolute atomic E-state index is 13.7. The van der Waals surface area contributed by atoms with Crippen molar-refractivity contribution in [2.75, 3.05) is 4.72 Å². The summed E-state index contributed by atoms with van der Waals surface area (Å²) in [4.78, 5) is 12.1. The molecule has 1 fully saturated rings. The molecule has 3 rings (SSSR count). The molecule has 0 saturated heterocycles. The van der Waals surface area contributed by atoms with Gasteiger partial charge in [-0.05, 0) is 49.2 Å². The molecule has 2 N–H and O–H groups in total. The van der Waals surface area contributed by atoms with Crippen molar-refractivity contribution in [3.8, 4) is 0 Å². The first-order valence-electron chi connectivity index (χ1n) is 8.74. The van der Waals surface area contributed by atoms with E-state index in [9.17, 15) is 22.0 Å². The maximum Gasteiger partial charge on any atom is 0.262 e. The minimum Gasteiger partial charge on any atom is -0.349 e. The number of hydrogen-bond acceptors (Lipinski definition) is 3. The average molecular weight is 394 g/mol. The topological polar surface area (TPSA) is 75.3 Å². The second kappa shape index (κ2) is 8.04. The third kappa shape index (κ3) is 4.63. The third-order valence-corrected chi connectivity index (χ3v) is 5.93. The molecule has 1 amide bonds. The van der Waals surface area contributed by atoms with Crippen LogP contribution in [0.15, 0.2) is 47.4 Å². The molecule has 0 aromatic heterocycles. The normalized spacial score (nSPS) is 15.3. The molecular formula is C19H20F2N2O3S. The van der Waals surface area contributed by atoms with Crippen molar-refractivity contribution < 1.29 is 22.0 Å². The van der Waals surface area contributed by atoms with Crippen LogP contribution in [0.3, 0.4) is 0 Å². The summed E-state index contributed by atoms with van der Waals surface area (Å²) in [5.41, 5.74) is -0.409. The second-order valence-electron chi connectivity index (χ2n) is 6.53. The van der Waals surface area contributed by atoms with Crippen molar-refractivity contribution in [3.05, 3.63) is 59.7 Å². The molecule has 0 bridgehead atoms. The van der Waals surface area contributed by atoms with Gasteiger partial charge in [-0.1, -0.05) is 25.3 Å². The van der Waals surface area contributed by atoms with Crippen LogP contribution in [0.1, 0.15) is 42.5 Å². The van der Waals surface area contributed by atoms with E-state index >= 15 is 0 Å². The lowest BCUT2D eigenvalue weighted by atomic mass is 9.95. The number of rotatable bonds is 5. The number of nitrogens with one attached hydrogen (secondary N) is 2. The molecule has 0 unspecified atom stereocenters. The summed E-state index contributed by atoms with van der Waals surface area (Å²) in [6.45, 7) is 0. The van der Waals surface area contributed by atoms with Crippen molar-refractivity contribution in [2.24, 2.45) is 0 Å². The summed E-state index contributed by atoms with van der Waals surface area (Å²) in [5, 5.41) is 2.94. The quantitative estimate of drug-likeness (QED) is 0.809. The lowest BCUT2D eigenvalue weighted by Gasteiger charge is -2.22. The summed E-state index contributed by atoms with van der Waals surface area (Å²) < 4.78 is 54.0. The van der Waals surface area contributed by atoms with Crippen LogP contribution in [-0.4, -0.2) is 20.4 Å². The van der Waals surface area contributed by atoms with Gasteiger partial charge in [-0.25, -0.2) is 17.2 Å². The van der Waals surface area contributed by atoms with Crippen LogP contribution < -0.4 is 10.0 Å². The Bertz CT molecular complexity index is 904. The summed E-state index contributed by atoms with van der Waals surface area (Å²) >= 11 is 0. The highest BCUT2D eigenvalue weighted by atomic mass is 32.2. The second-order valence-corrected chi connectivity index (χ2v) is 8.22. The maximum atomic E-state index is 13.7. The van der Waals surface area contributed by atoms with Gasteiger partial charge in [-0.2, -0.15) is 0 Å². The Hall–Kier alpha value is -2.48. The van der Waals surface area contributed by atoms with Gasteiger partial charge in [0.1, 0.15) is 17.3 Å². The Balaban J connectivity index is 1.73. The van der Waals surface area contributed by atoms with Gasteiger partial charge in [-0.15, -0.1) is 0 Å². The van der Waals surface area contributed by atoms with E-state index in [4.69, 9.17) is 0 Å². The predicted molar refractivity (Wildman–Crippen MR) is 97.9 cm³/mol. The molecule has 2 aromatic carbocycles. The van der Waals surface area contributed by atoms with E-state index in [-0.39, 0.29) is 16.8 Å². The van der Waals surface area contributed by atoms with Crippen molar-refractivity contribution >= 4 is 21.6 Å². The summed E-state index contributed by atoms with van der Waals surface area (Å²) in [6.07, 6.45) is 5.22. The largest absolute Gasteiger partial charge is 0.349 e. The van der Waals surface area contributed by atoms with Gasteiger partial charge in [0.15, 0.2) is 0 Å². The molecule has 0 atom stereocenters. The van der Waals surface area contributed by atoms with E-state index in [0.29, 0.717) is 5.56 Å². The Morgan fingerprint density at radius 2 is 1.52 bits per heavy atom.